The lowest BCUT2D eigenvalue weighted by Gasteiger charge is -2.20. The summed E-state index contributed by atoms with van der Waals surface area (Å²) in [4.78, 5) is 33.7. The number of carboxylic acids is 2. The number of guanidine groups is 1. The summed E-state index contributed by atoms with van der Waals surface area (Å²) in [6.07, 6.45) is 2.86. The third-order valence-electron chi connectivity index (χ3n) is 4.91. The van der Waals surface area contributed by atoms with Crippen molar-refractivity contribution < 1.29 is 24.6 Å². The molecule has 1 saturated heterocycles. The number of alkyl halides is 1. The van der Waals surface area contributed by atoms with Crippen molar-refractivity contribution in [2.75, 3.05) is 13.1 Å². The average Bonchev–Trinajstić information content (AvgIpc) is 3.32. The highest BCUT2D eigenvalue weighted by molar-refractivity contribution is 6.31. The second-order valence-corrected chi connectivity index (χ2v) is 8.02. The first-order valence-corrected chi connectivity index (χ1v) is 11.1. The molecule has 1 heterocycles. The van der Waals surface area contributed by atoms with E-state index in [0.29, 0.717) is 19.4 Å². The van der Waals surface area contributed by atoms with Gasteiger partial charge in [-0.2, -0.15) is 0 Å². The third kappa shape index (κ3) is 11.6. The highest BCUT2D eigenvalue weighted by Crippen LogP contribution is 2.08. The van der Waals surface area contributed by atoms with E-state index in [2.05, 4.69) is 16.0 Å². The zero-order valence-electron chi connectivity index (χ0n) is 18.3. The van der Waals surface area contributed by atoms with Crippen molar-refractivity contribution in [3.8, 4) is 0 Å². The van der Waals surface area contributed by atoms with Crippen molar-refractivity contribution in [3.63, 3.8) is 0 Å². The van der Waals surface area contributed by atoms with Gasteiger partial charge < -0.3 is 32.3 Å². The molecule has 33 heavy (non-hydrogen) atoms. The molecule has 1 aliphatic heterocycles. The van der Waals surface area contributed by atoms with Crippen molar-refractivity contribution in [2.45, 2.75) is 55.7 Å². The molecule has 0 radical (unpaired) electrons. The molecule has 11 nitrogen and oxygen atoms in total. The Kier molecular flexibility index (Phi) is 13.0. The molecule has 1 aliphatic rings. The molecule has 1 aromatic rings. The van der Waals surface area contributed by atoms with Crippen LogP contribution >= 0.6 is 11.6 Å². The van der Waals surface area contributed by atoms with Crippen molar-refractivity contribution >= 4 is 35.3 Å². The molecule has 0 saturated carbocycles. The van der Waals surface area contributed by atoms with Crippen LogP contribution in [0, 0.1) is 5.41 Å². The van der Waals surface area contributed by atoms with Gasteiger partial charge in [0.1, 0.15) is 17.6 Å². The molecule has 10 N–H and O–H groups in total. The number of ketones is 1. The zero-order chi connectivity index (χ0) is 24.8. The number of carbonyl (C=O) groups excluding carboxylic acids is 1. The van der Waals surface area contributed by atoms with Crippen LogP contribution in [0.4, 0.5) is 0 Å². The number of nitrogens with one attached hydrogen (secondary N) is 4. The van der Waals surface area contributed by atoms with Gasteiger partial charge in [-0.3, -0.25) is 25.1 Å². The summed E-state index contributed by atoms with van der Waals surface area (Å²) >= 11 is 6.02. The number of hydrogen-bond donors (Lipinski definition) is 8. The largest absolute Gasteiger partial charge is 0.480 e. The highest BCUT2D eigenvalue weighted by Gasteiger charge is 2.27. The fraction of sp³-hybridized carbons (Fsp3) is 0.524. The minimum atomic E-state index is -1.19. The maximum atomic E-state index is 12.2. The lowest BCUT2D eigenvalue weighted by atomic mass is 10.0. The molecule has 184 valence electrons. The van der Waals surface area contributed by atoms with Gasteiger partial charge in [-0.1, -0.05) is 41.9 Å². The van der Waals surface area contributed by atoms with E-state index in [0.717, 1.165) is 24.9 Å². The number of carbonyl (C=O) groups is 3. The lowest BCUT2D eigenvalue weighted by molar-refractivity contribution is -0.140. The first kappa shape index (κ1) is 28.3. The van der Waals surface area contributed by atoms with Gasteiger partial charge in [-0.05, 0) is 44.2 Å². The predicted molar refractivity (Wildman–Crippen MR) is 125 cm³/mol. The molecule has 1 fully saturated rings. The Morgan fingerprint density at radius 3 is 2.39 bits per heavy atom. The van der Waals surface area contributed by atoms with E-state index in [1.807, 2.05) is 18.2 Å². The summed E-state index contributed by atoms with van der Waals surface area (Å²) in [5.74, 6) is -2.44. The van der Waals surface area contributed by atoms with Crippen LogP contribution in [0.3, 0.4) is 0 Å². The van der Waals surface area contributed by atoms with Gasteiger partial charge in [0.05, 0.1) is 6.04 Å². The van der Waals surface area contributed by atoms with E-state index < -0.39 is 35.3 Å². The smallest absolute Gasteiger partial charge is 0.321 e. The van der Waals surface area contributed by atoms with Crippen LogP contribution in [-0.4, -0.2) is 70.6 Å². The molecule has 0 aromatic heterocycles. The van der Waals surface area contributed by atoms with E-state index in [9.17, 15) is 19.5 Å². The number of nitrogens with two attached hydrogens (primary N) is 2. The molecule has 1 aromatic carbocycles. The van der Waals surface area contributed by atoms with Gasteiger partial charge in [-0.15, -0.1) is 0 Å². The fourth-order valence-electron chi connectivity index (χ4n) is 3.10. The van der Waals surface area contributed by atoms with E-state index in [1.165, 1.54) is 0 Å². The van der Waals surface area contributed by atoms with Gasteiger partial charge in [0.2, 0.25) is 0 Å². The summed E-state index contributed by atoms with van der Waals surface area (Å²) in [6.45, 7) is 1.28. The summed E-state index contributed by atoms with van der Waals surface area (Å²) in [5, 5.41) is 32.8. The summed E-state index contributed by atoms with van der Waals surface area (Å²) in [5.41, 5.74) is 10.6. The zero-order valence-corrected chi connectivity index (χ0v) is 19.1. The summed E-state index contributed by atoms with van der Waals surface area (Å²) < 4.78 is 0. The molecule has 2 rings (SSSR count). The van der Waals surface area contributed by atoms with E-state index >= 15 is 0 Å². The number of hydrogen-bond acceptors (Lipinski definition) is 7. The minimum absolute atomic E-state index is 0.151. The maximum Gasteiger partial charge on any atom is 0.321 e. The van der Waals surface area contributed by atoms with Gasteiger partial charge in [0.15, 0.2) is 11.7 Å². The number of carboxylic acid groups (broad SMARTS) is 2. The average molecular weight is 485 g/mol. The van der Waals surface area contributed by atoms with Crippen molar-refractivity contribution in [1.82, 2.24) is 16.0 Å². The van der Waals surface area contributed by atoms with E-state index in [-0.39, 0.29) is 18.4 Å². The van der Waals surface area contributed by atoms with Crippen LogP contribution in [0.1, 0.15) is 31.2 Å². The molecular weight excluding hydrogens is 452 g/mol. The molecule has 0 aliphatic carbocycles. The van der Waals surface area contributed by atoms with E-state index in [4.69, 9.17) is 33.6 Å². The Hall–Kier alpha value is -2.73. The van der Waals surface area contributed by atoms with Gasteiger partial charge in [-0.25, -0.2) is 0 Å². The number of Topliss-reactive ketones (excluding diaryl/α,β-unsaturated/α-hetero) is 1. The lowest BCUT2D eigenvalue weighted by Crippen LogP contribution is -2.50. The maximum absolute atomic E-state index is 12.2. The Labute approximate surface area is 197 Å². The quantitative estimate of drug-likeness (QED) is 0.0645. The molecule has 1 unspecified atom stereocenters. The van der Waals surface area contributed by atoms with Gasteiger partial charge >= 0.3 is 11.9 Å². The number of halogens is 1. The first-order valence-electron chi connectivity index (χ1n) is 10.6. The molecule has 0 spiro atoms. The summed E-state index contributed by atoms with van der Waals surface area (Å²) in [6, 6.07) is 6.96. The number of benzene rings is 1. The molecule has 12 heteroatoms. The Bertz CT molecular complexity index is 776. The van der Waals surface area contributed by atoms with Crippen LogP contribution in [0.2, 0.25) is 0 Å². The summed E-state index contributed by atoms with van der Waals surface area (Å²) in [7, 11) is 0. The minimum Gasteiger partial charge on any atom is -0.480 e. The Balaban J connectivity index is 0.000000568. The number of aliphatic carboxylic acids is 2. The van der Waals surface area contributed by atoms with Crippen LogP contribution in [0.25, 0.3) is 0 Å². The topological polar surface area (TPSA) is 204 Å². The first-order chi connectivity index (χ1) is 15.6. The van der Waals surface area contributed by atoms with E-state index in [1.54, 1.807) is 12.1 Å². The number of rotatable bonds is 12. The van der Waals surface area contributed by atoms with Crippen LogP contribution in [0.5, 0.6) is 0 Å². The monoisotopic (exact) mass is 484 g/mol. The van der Waals surface area contributed by atoms with Gasteiger partial charge in [0, 0.05) is 6.54 Å². The Morgan fingerprint density at radius 1 is 1.24 bits per heavy atom. The standard InChI is InChI=1S/C16H24ClN5O3.C5H9NO2/c17-14(13(23)11(18)7-4-8-21-16(19)20)22-12(15(24)25)9-10-5-2-1-3-6-10;7-5(8)4-2-1-3-6-4/h1-3,5-6,11-12,14,22H,4,7-9,18H2,(H,24,25)(H4,19,20,21);4,6H,1-3H2,(H,7,8)/t11-,12+,14?;4-/m00/s1. The second kappa shape index (κ2) is 15.2. The van der Waals surface area contributed by atoms with Gasteiger partial charge in [0.25, 0.3) is 0 Å². The second-order valence-electron chi connectivity index (χ2n) is 7.59. The predicted octanol–water partition coefficient (Wildman–Crippen LogP) is -0.181. The third-order valence-corrected chi connectivity index (χ3v) is 5.25. The molecule has 0 bridgehead atoms. The Morgan fingerprint density at radius 2 is 1.91 bits per heavy atom. The van der Waals surface area contributed by atoms with Crippen molar-refractivity contribution in [1.29, 1.82) is 5.41 Å². The van der Waals surface area contributed by atoms with Crippen LogP contribution < -0.4 is 27.4 Å². The molecular formula is C21H33ClN6O5. The van der Waals surface area contributed by atoms with Crippen LogP contribution in [-0.2, 0) is 20.8 Å². The van der Waals surface area contributed by atoms with Crippen molar-refractivity contribution in [2.24, 2.45) is 11.5 Å². The molecule has 4 atom stereocenters. The normalized spacial score (nSPS) is 17.7. The van der Waals surface area contributed by atoms with Crippen LogP contribution in [0.15, 0.2) is 30.3 Å². The highest BCUT2D eigenvalue weighted by atomic mass is 35.5. The van der Waals surface area contributed by atoms with Crippen molar-refractivity contribution in [3.05, 3.63) is 35.9 Å². The molecule has 0 amide bonds. The SMILES string of the molecule is N=C(N)NCCC[C@H](N)C(=O)C(Cl)N[C@H](Cc1ccccc1)C(=O)O.O=C(O)[C@@H]1CCCN1. The fourth-order valence-corrected chi connectivity index (χ4v) is 3.41.